The van der Waals surface area contributed by atoms with Gasteiger partial charge in [0.25, 0.3) is 0 Å². The molecule has 0 nitrogen and oxygen atoms in total. The molecule has 0 aliphatic heterocycles. The number of thiophene rings is 2. The van der Waals surface area contributed by atoms with Crippen molar-refractivity contribution in [3.8, 4) is 0 Å². The number of hydrogen-bond acceptors (Lipinski definition) is 3. The second-order valence-corrected chi connectivity index (χ2v) is 6.51. The minimum absolute atomic E-state index is 1.03. The smallest absolute Gasteiger partial charge is 0.0406 e. The van der Waals surface area contributed by atoms with Crippen LogP contribution in [0.25, 0.3) is 10.5 Å². The zero-order chi connectivity index (χ0) is 12.3. The average molecular weight is 278 g/mol. The predicted octanol–water partition coefficient (Wildman–Crippen LogP) is 5.49. The highest BCUT2D eigenvalue weighted by Gasteiger charge is 1.99. The number of aryl methyl sites for hydroxylation is 1. The van der Waals surface area contributed by atoms with E-state index in [1.54, 1.807) is 22.7 Å². The lowest BCUT2D eigenvalue weighted by molar-refractivity contribution is 1.64. The minimum atomic E-state index is 1.03. The van der Waals surface area contributed by atoms with E-state index >= 15 is 0 Å². The number of thiol groups is 1. The van der Waals surface area contributed by atoms with E-state index in [1.165, 1.54) is 20.2 Å². The third-order valence-electron chi connectivity index (χ3n) is 2.39. The average Bonchev–Trinajstić information content (AvgIpc) is 2.95. The fourth-order valence-corrected chi connectivity index (χ4v) is 3.24. The molecule has 0 unspecified atom stereocenters. The third kappa shape index (κ3) is 3.35. The third-order valence-corrected chi connectivity index (χ3v) is 4.97. The molecule has 88 valence electrons. The number of allylic oxidation sites excluding steroid dienone is 3. The molecule has 2 aromatic heterocycles. The van der Waals surface area contributed by atoms with Crippen LogP contribution in [-0.4, -0.2) is 0 Å². The van der Waals surface area contributed by atoms with Crippen LogP contribution in [0.2, 0.25) is 0 Å². The minimum Gasteiger partial charge on any atom is -0.144 e. The molecule has 0 bridgehead atoms. The Bertz CT molecular complexity index is 542. The van der Waals surface area contributed by atoms with Crippen LogP contribution in [0.15, 0.2) is 41.8 Å². The molecule has 0 aromatic carbocycles. The lowest BCUT2D eigenvalue weighted by atomic mass is 10.2. The summed E-state index contributed by atoms with van der Waals surface area (Å²) in [6, 6.07) is 8.45. The summed E-state index contributed by atoms with van der Waals surface area (Å²) < 4.78 is 0. The summed E-state index contributed by atoms with van der Waals surface area (Å²) in [7, 11) is 0. The molecule has 0 saturated carbocycles. The van der Waals surface area contributed by atoms with Gasteiger partial charge in [-0.1, -0.05) is 12.1 Å². The first-order valence-electron chi connectivity index (χ1n) is 5.35. The summed E-state index contributed by atoms with van der Waals surface area (Å²) in [5.74, 6) is 0. The Morgan fingerprint density at radius 1 is 1.18 bits per heavy atom. The monoisotopic (exact) mass is 278 g/mol. The summed E-state index contributed by atoms with van der Waals surface area (Å²) in [6.07, 6.45) is 4.20. The van der Waals surface area contributed by atoms with Gasteiger partial charge in [0.05, 0.1) is 0 Å². The van der Waals surface area contributed by atoms with Crippen molar-refractivity contribution < 1.29 is 0 Å². The zero-order valence-electron chi connectivity index (χ0n) is 9.81. The summed E-state index contributed by atoms with van der Waals surface area (Å²) >= 11 is 8.07. The Kier molecular flexibility index (Phi) is 4.26. The van der Waals surface area contributed by atoms with E-state index < -0.39 is 0 Å². The first-order valence-corrected chi connectivity index (χ1v) is 7.49. The molecule has 0 atom stereocenters. The molecule has 0 saturated heterocycles. The molecule has 2 aromatic rings. The Labute approximate surface area is 116 Å². The molecule has 0 N–H and O–H groups in total. The quantitative estimate of drug-likeness (QED) is 0.557. The van der Waals surface area contributed by atoms with Gasteiger partial charge in [0, 0.05) is 19.5 Å². The van der Waals surface area contributed by atoms with E-state index in [-0.39, 0.29) is 0 Å². The largest absolute Gasteiger partial charge is 0.144 e. The fraction of sp³-hybridized carbons (Fsp3) is 0.143. The van der Waals surface area contributed by atoms with Crippen molar-refractivity contribution in [2.75, 3.05) is 0 Å². The lowest BCUT2D eigenvalue weighted by Crippen LogP contribution is -1.71. The summed E-state index contributed by atoms with van der Waals surface area (Å²) in [5.41, 5.74) is 1.28. The topological polar surface area (TPSA) is 0 Å². The van der Waals surface area contributed by atoms with Gasteiger partial charge in [-0.05, 0) is 49.1 Å². The van der Waals surface area contributed by atoms with Gasteiger partial charge in [-0.15, -0.1) is 35.3 Å². The Morgan fingerprint density at radius 3 is 2.59 bits per heavy atom. The van der Waals surface area contributed by atoms with Crippen molar-refractivity contribution >= 4 is 45.8 Å². The summed E-state index contributed by atoms with van der Waals surface area (Å²) in [5, 5.41) is 2.10. The lowest BCUT2D eigenvalue weighted by Gasteiger charge is -1.96. The van der Waals surface area contributed by atoms with Crippen molar-refractivity contribution in [2.45, 2.75) is 13.8 Å². The van der Waals surface area contributed by atoms with E-state index in [0.29, 0.717) is 0 Å². The van der Waals surface area contributed by atoms with Crippen molar-refractivity contribution in [3.63, 3.8) is 0 Å². The van der Waals surface area contributed by atoms with Gasteiger partial charge in [-0.3, -0.25) is 0 Å². The normalized spacial score (nSPS) is 13.1. The number of hydrogen-bond donors (Lipinski definition) is 1. The van der Waals surface area contributed by atoms with Gasteiger partial charge in [-0.2, -0.15) is 0 Å². The molecule has 0 aliphatic rings. The standard InChI is InChI=1S/C14H14S3/c1-10(13-4-3-9-16-13)5-7-12(15)14-8-6-11(2)17-14/h3-9,15H,1-2H3/b10-5+,12-7-. The first kappa shape index (κ1) is 12.7. The van der Waals surface area contributed by atoms with Gasteiger partial charge in [0.15, 0.2) is 0 Å². The van der Waals surface area contributed by atoms with Crippen molar-refractivity contribution in [1.29, 1.82) is 0 Å². The molecule has 2 rings (SSSR count). The van der Waals surface area contributed by atoms with Gasteiger partial charge in [0.1, 0.15) is 0 Å². The van der Waals surface area contributed by atoms with Gasteiger partial charge >= 0.3 is 0 Å². The number of rotatable bonds is 3. The second-order valence-electron chi connectivity index (χ2n) is 3.79. The highest BCUT2D eigenvalue weighted by Crippen LogP contribution is 2.27. The van der Waals surface area contributed by atoms with Crippen LogP contribution in [0.4, 0.5) is 0 Å². The Balaban J connectivity index is 2.18. The maximum absolute atomic E-state index is 4.54. The molecule has 2 heterocycles. The van der Waals surface area contributed by atoms with E-state index in [9.17, 15) is 0 Å². The molecular formula is C14H14S3. The van der Waals surface area contributed by atoms with Crippen LogP contribution in [0, 0.1) is 6.92 Å². The molecule has 0 fully saturated rings. The van der Waals surface area contributed by atoms with Crippen LogP contribution in [0.3, 0.4) is 0 Å². The van der Waals surface area contributed by atoms with Gasteiger partial charge in [0.2, 0.25) is 0 Å². The fourth-order valence-electron chi connectivity index (χ4n) is 1.44. The maximum Gasteiger partial charge on any atom is 0.0406 e. The first-order chi connectivity index (χ1) is 8.16. The molecular weight excluding hydrogens is 264 g/mol. The van der Waals surface area contributed by atoms with Crippen LogP contribution in [-0.2, 0) is 0 Å². The molecule has 0 spiro atoms. The molecule has 17 heavy (non-hydrogen) atoms. The highest BCUT2D eigenvalue weighted by molar-refractivity contribution is 7.90. The molecule has 0 radical (unpaired) electrons. The van der Waals surface area contributed by atoms with Gasteiger partial charge < -0.3 is 0 Å². The van der Waals surface area contributed by atoms with E-state index in [4.69, 9.17) is 0 Å². The maximum atomic E-state index is 4.54. The molecule has 0 amide bonds. The van der Waals surface area contributed by atoms with E-state index in [1.807, 2.05) is 0 Å². The highest BCUT2D eigenvalue weighted by atomic mass is 32.1. The SMILES string of the molecule is C/C(=C\C=C(/S)c1ccc(C)s1)c1cccs1. The summed E-state index contributed by atoms with van der Waals surface area (Å²) in [6.45, 7) is 4.24. The van der Waals surface area contributed by atoms with Gasteiger partial charge in [-0.25, -0.2) is 0 Å². The molecule has 0 aliphatic carbocycles. The second kappa shape index (κ2) is 5.71. The van der Waals surface area contributed by atoms with Crippen molar-refractivity contribution in [1.82, 2.24) is 0 Å². The van der Waals surface area contributed by atoms with E-state index in [2.05, 4.69) is 68.3 Å². The van der Waals surface area contributed by atoms with Crippen LogP contribution in [0.5, 0.6) is 0 Å². The summed E-state index contributed by atoms with van der Waals surface area (Å²) in [4.78, 5) is 4.88. The van der Waals surface area contributed by atoms with E-state index in [0.717, 1.165) is 4.91 Å². The van der Waals surface area contributed by atoms with Crippen LogP contribution >= 0.6 is 35.3 Å². The Morgan fingerprint density at radius 2 is 2.00 bits per heavy atom. The van der Waals surface area contributed by atoms with Crippen LogP contribution < -0.4 is 0 Å². The zero-order valence-corrected chi connectivity index (χ0v) is 12.3. The van der Waals surface area contributed by atoms with Crippen molar-refractivity contribution in [3.05, 3.63) is 56.4 Å². The predicted molar refractivity (Wildman–Crippen MR) is 84.0 cm³/mol. The van der Waals surface area contributed by atoms with Crippen LogP contribution in [0.1, 0.15) is 21.6 Å². The van der Waals surface area contributed by atoms with Crippen molar-refractivity contribution in [2.24, 2.45) is 0 Å². The Hall–Kier alpha value is -0.770. The molecule has 3 heteroatoms.